The predicted octanol–water partition coefficient (Wildman–Crippen LogP) is 11.6. The number of hydrogen-bond acceptors (Lipinski definition) is 19. The van der Waals surface area contributed by atoms with Crippen LogP contribution in [0.4, 0.5) is 55.5 Å². The van der Waals surface area contributed by atoms with Crippen molar-refractivity contribution in [3.63, 3.8) is 0 Å². The van der Waals surface area contributed by atoms with Gasteiger partial charge in [-0.15, -0.1) is 0 Å². The molecule has 7 N–H and O–H groups in total. The van der Waals surface area contributed by atoms with Gasteiger partial charge in [-0.2, -0.15) is 53.6 Å². The highest BCUT2D eigenvalue weighted by molar-refractivity contribution is 6.01. The number of rotatable bonds is 22. The summed E-state index contributed by atoms with van der Waals surface area (Å²) in [6.07, 6.45) is 2.92. The fourth-order valence-corrected chi connectivity index (χ4v) is 13.7. The molecule has 2 saturated carbocycles. The van der Waals surface area contributed by atoms with Crippen LogP contribution in [0.3, 0.4) is 0 Å². The molecule has 0 bridgehead atoms. The number of nitrogens with two attached hydrogens (primary N) is 1. The Kier molecular flexibility index (Phi) is 25.3. The lowest BCUT2D eigenvalue weighted by Gasteiger charge is -2.33. The van der Waals surface area contributed by atoms with Crippen LogP contribution in [0.1, 0.15) is 87.0 Å². The fraction of sp³-hybridized carbons (Fsp3) is 0.272. The summed E-state index contributed by atoms with van der Waals surface area (Å²) in [5, 5.41) is 32.9. The van der Waals surface area contributed by atoms with Crippen LogP contribution >= 0.6 is 0 Å². The van der Waals surface area contributed by atoms with Crippen LogP contribution < -0.4 is 59.2 Å². The van der Waals surface area contributed by atoms with E-state index in [4.69, 9.17) is 5.73 Å². The Hall–Kier alpha value is -14.6. The van der Waals surface area contributed by atoms with Crippen molar-refractivity contribution in [2.45, 2.75) is 128 Å². The Morgan fingerprint density at radius 2 is 1.10 bits per heavy atom. The number of nitrogen functional groups attached to an aromatic ring is 1. The smallest absolute Gasteiger partial charge is 0.430 e. The average Bonchev–Trinajstić information content (AvgIpc) is 1.49. The summed E-state index contributed by atoms with van der Waals surface area (Å²) in [7, 11) is 0. The zero-order valence-corrected chi connectivity index (χ0v) is 64.7. The molecule has 15 aromatic rings. The number of imidazole rings is 4. The average molecular weight is 1710 g/mol. The lowest BCUT2D eigenvalue weighted by atomic mass is 9.84. The maximum absolute atomic E-state index is 13.3. The number of alkyl halides is 10. The number of hydrogen-bond donors (Lipinski definition) is 6. The molecule has 1 atom stereocenters. The summed E-state index contributed by atoms with van der Waals surface area (Å²) in [4.78, 5) is 131. The van der Waals surface area contributed by atoms with Gasteiger partial charge in [0.15, 0.2) is 57.8 Å². The number of pyridine rings is 3. The minimum atomic E-state index is -6.12. The molecule has 123 heavy (non-hydrogen) atoms. The quantitative estimate of drug-likeness (QED) is 0.0121. The van der Waals surface area contributed by atoms with Crippen LogP contribution in [0.5, 0.6) is 11.5 Å². The van der Waals surface area contributed by atoms with E-state index < -0.39 is 70.3 Å². The monoisotopic (exact) mass is 1710 g/mol. The number of nitrogens with zero attached hydrogens (tertiary/aromatic N) is 14. The van der Waals surface area contributed by atoms with Gasteiger partial charge in [-0.25, -0.2) is 43.5 Å². The van der Waals surface area contributed by atoms with Crippen molar-refractivity contribution >= 4 is 67.2 Å². The molecule has 42 heteroatoms. The van der Waals surface area contributed by atoms with Crippen molar-refractivity contribution in [1.29, 1.82) is 0 Å². The van der Waals surface area contributed by atoms with E-state index in [-0.39, 0.29) is 74.1 Å². The second kappa shape index (κ2) is 36.1. The third-order valence-corrected chi connectivity index (χ3v) is 20.1. The number of ether oxygens (including phenoxy) is 2. The Balaban J connectivity index is 0.000000136. The van der Waals surface area contributed by atoms with E-state index in [1.54, 1.807) is 56.3 Å². The van der Waals surface area contributed by atoms with E-state index in [1.807, 2.05) is 56.3 Å². The summed E-state index contributed by atoms with van der Waals surface area (Å²) in [5.41, 5.74) is 1.95. The predicted molar refractivity (Wildman–Crippen MR) is 428 cm³/mol. The molecule has 2 aliphatic carbocycles. The van der Waals surface area contributed by atoms with Crippen molar-refractivity contribution in [2.24, 2.45) is 11.8 Å². The normalized spacial score (nSPS) is 13.1. The molecule has 0 radical (unpaired) electrons. The molecule has 0 aliphatic heterocycles. The van der Waals surface area contributed by atoms with Crippen molar-refractivity contribution in [2.75, 3.05) is 5.73 Å². The maximum Gasteiger partial charge on any atom is 0.430 e. The highest BCUT2D eigenvalue weighted by Crippen LogP contribution is 2.50. The Labute approximate surface area is 683 Å². The fourth-order valence-electron chi connectivity index (χ4n) is 13.7. The van der Waals surface area contributed by atoms with Gasteiger partial charge in [0.2, 0.25) is 0 Å². The molecule has 0 amide bonds. The van der Waals surface area contributed by atoms with Gasteiger partial charge in [0.25, 0.3) is 33.5 Å². The lowest BCUT2D eigenvalue weighted by Crippen LogP contribution is -2.53. The van der Waals surface area contributed by atoms with Gasteiger partial charge >= 0.3 is 42.6 Å². The highest BCUT2D eigenvalue weighted by atomic mass is 19.4. The third kappa shape index (κ3) is 18.4. The number of nitrogens with one attached hydrogen (secondary N) is 4. The molecule has 10 heterocycles. The summed E-state index contributed by atoms with van der Waals surface area (Å²) in [6.45, 7) is -0.650. The number of anilines is 1. The summed E-state index contributed by atoms with van der Waals surface area (Å²) in [5.74, 6) is -1.38. The van der Waals surface area contributed by atoms with Gasteiger partial charge in [0.1, 0.15) is 22.2 Å². The van der Waals surface area contributed by atoms with Crippen LogP contribution in [-0.4, -0.2) is 112 Å². The lowest BCUT2D eigenvalue weighted by molar-refractivity contribution is -0.605. The molecule has 10 aromatic heterocycles. The van der Waals surface area contributed by atoms with Crippen LogP contribution in [0, 0.1) is 27.2 Å². The van der Waals surface area contributed by atoms with E-state index in [2.05, 4.69) is 54.3 Å². The first-order chi connectivity index (χ1) is 58.8. The number of aliphatic hydroxyl groups is 1. The van der Waals surface area contributed by atoms with E-state index in [0.717, 1.165) is 103 Å². The van der Waals surface area contributed by atoms with Gasteiger partial charge in [-0.1, -0.05) is 93.1 Å². The van der Waals surface area contributed by atoms with Crippen molar-refractivity contribution < 1.29 is 68.1 Å². The Bertz CT molecular complexity index is 6780. The number of H-pyrrole nitrogens is 4. The highest BCUT2D eigenvalue weighted by Gasteiger charge is 2.71. The number of aromatic amines is 4. The topological polar surface area (TPSA) is 416 Å². The molecule has 17 rings (SSSR count). The standard InChI is InChI=1S/C24H17F10NO4.C17H11N5O4.C15H10N4O.C13H17N5O2.C12H18N4O2/c25-20(26)38-18-6-3-15(12-19(18)39-21(27)28)17(11-13-7-9-35(37)10-8-13)14-1-4-16(5-2-14)22(36,23(29,30)31)24(32,33)34;23-16-14-15(19-10-18-14)20(12-7-4-8-13(9-12)22(25)26)17(24)21(16)11-5-2-1-3-6-11;20-15-13-12(17-9-18-13)11-7-4-8-16-14(11)19(15)10-5-2-1-3-6-10;14-12-15-9-10(16-12)17(5-7-1-2-7)13(20)18(11(9)19)6-8-3-4-8;1-3-5-7-16-11(17)9-10(14-8-13-9)15(6-4-2)12(16)18/h1-10,12,17,20-21,36H,11H2;1-10H,(H,18,19);1-9H,(H,17,18);7-8H,1-6H2,(H3,14,15,16);8H,3-7H2,1-2H3,(H,13,14). The number of aryl methyl sites for hydroxylation is 1. The molecule has 2 fully saturated rings. The first-order valence-electron chi connectivity index (χ1n) is 38.0. The molecule has 1 unspecified atom stereocenters. The number of unbranched alkanes of at least 4 members (excludes halogenated alkanes) is 1. The van der Waals surface area contributed by atoms with Crippen molar-refractivity contribution in [1.82, 2.24) is 76.8 Å². The van der Waals surface area contributed by atoms with Crippen LogP contribution in [-0.2, 0) is 38.2 Å². The van der Waals surface area contributed by atoms with E-state index in [1.165, 1.54) is 63.0 Å². The van der Waals surface area contributed by atoms with Gasteiger partial charge in [-0.05, 0) is 128 Å². The van der Waals surface area contributed by atoms with Gasteiger partial charge in [0, 0.05) is 73.5 Å². The number of benzene rings is 5. The number of para-hydroxylation sites is 2. The number of nitro groups is 1. The van der Waals surface area contributed by atoms with Crippen LogP contribution in [0.2, 0.25) is 0 Å². The maximum atomic E-state index is 13.3. The first-order valence-corrected chi connectivity index (χ1v) is 38.0. The Morgan fingerprint density at radius 1 is 0.545 bits per heavy atom. The summed E-state index contributed by atoms with van der Waals surface area (Å²) in [6, 6.07) is 35.4. The zero-order valence-electron chi connectivity index (χ0n) is 64.7. The number of nitro benzene ring substituents is 1. The number of halogens is 10. The van der Waals surface area contributed by atoms with E-state index in [9.17, 15) is 97.9 Å². The summed E-state index contributed by atoms with van der Waals surface area (Å²) < 4.78 is 149. The Morgan fingerprint density at radius 3 is 1.70 bits per heavy atom. The molecule has 2 aliphatic rings. The molecular formula is C81H73F10N19O13. The van der Waals surface area contributed by atoms with Crippen molar-refractivity contribution in [3.8, 4) is 28.6 Å². The first kappa shape index (κ1) is 86.2. The molecule has 0 saturated heterocycles. The molecule has 640 valence electrons. The van der Waals surface area contributed by atoms with Crippen LogP contribution in [0.15, 0.2) is 223 Å². The van der Waals surface area contributed by atoms with Crippen LogP contribution in [0.25, 0.3) is 72.6 Å². The second-order valence-electron chi connectivity index (χ2n) is 28.4. The largest absolute Gasteiger partial charge is 0.619 e. The summed E-state index contributed by atoms with van der Waals surface area (Å²) >= 11 is 0. The number of fused-ring (bicyclic) bond motifs is 6. The van der Waals surface area contributed by atoms with E-state index in [0.29, 0.717) is 105 Å². The molecular weight excluding hydrogens is 1640 g/mol. The molecule has 0 spiro atoms. The van der Waals surface area contributed by atoms with E-state index >= 15 is 0 Å². The van der Waals surface area contributed by atoms with Gasteiger partial charge in [-0.3, -0.25) is 52.1 Å². The third-order valence-electron chi connectivity index (χ3n) is 20.1. The van der Waals surface area contributed by atoms with Gasteiger partial charge in [0.05, 0.1) is 41.0 Å². The number of aromatic nitrogens is 17. The minimum absolute atomic E-state index is 0.0508. The van der Waals surface area contributed by atoms with Crippen molar-refractivity contribution in [3.05, 3.63) is 300 Å². The van der Waals surface area contributed by atoms with Gasteiger partial charge < -0.3 is 45.5 Å². The minimum Gasteiger partial charge on any atom is -0.619 e. The zero-order chi connectivity index (χ0) is 87.9. The second-order valence-corrected chi connectivity index (χ2v) is 28.4. The number of non-ortho nitro benzene ring substituents is 1. The molecule has 5 aromatic carbocycles. The molecule has 32 nitrogen and oxygen atoms in total. The SMILES string of the molecule is CCCCn1c(=O)c2[nH]cnc2n(CCC)c1=O.Nc1nc2c([nH]1)c(=O)n(CC1CC1)c(=O)n2CC1CC1.O=c1c2[nH]cnc2c2cccnc2n1-c1ccccc1.O=c1c2[nH]cnc2n(-c2cccc([N+](=O)[O-])c2)c(=O)n1-c1ccccc1.[O-][n+]1ccc(CC(c2ccc(C(O)(C(F)(F)F)C(F)(F)F)cc2)c2ccc(OC(F)F)c(OC(F)F)c2)cc1.